The molecule has 0 atom stereocenters. The highest BCUT2D eigenvalue weighted by Gasteiger charge is 2.41. The van der Waals surface area contributed by atoms with Gasteiger partial charge in [0.1, 0.15) is 24.7 Å². The second-order valence-electron chi connectivity index (χ2n) is 5.70. The molecule has 1 aromatic rings. The monoisotopic (exact) mass is 320 g/mol. The lowest BCUT2D eigenvalue weighted by atomic mass is 9.88. The molecule has 23 heavy (non-hydrogen) atoms. The van der Waals surface area contributed by atoms with Crippen LogP contribution in [0.3, 0.4) is 0 Å². The number of rotatable bonds is 7. The fraction of sp³-hybridized carbons (Fsp3) is 0.412. The fourth-order valence-electron chi connectivity index (χ4n) is 1.95. The topological polar surface area (TPSA) is 71.1 Å². The van der Waals surface area contributed by atoms with E-state index in [2.05, 4.69) is 6.58 Å². The van der Waals surface area contributed by atoms with E-state index in [4.69, 9.17) is 18.9 Å². The Balaban J connectivity index is 1.86. The maximum atomic E-state index is 11.5. The smallest absolute Gasteiger partial charge is 0.333 e. The van der Waals surface area contributed by atoms with Crippen molar-refractivity contribution in [1.29, 1.82) is 0 Å². The van der Waals surface area contributed by atoms with E-state index in [0.29, 0.717) is 36.9 Å². The van der Waals surface area contributed by atoms with Gasteiger partial charge < -0.3 is 18.9 Å². The summed E-state index contributed by atoms with van der Waals surface area (Å²) >= 11 is 0. The van der Waals surface area contributed by atoms with Crippen molar-refractivity contribution in [2.24, 2.45) is 5.41 Å². The van der Waals surface area contributed by atoms with E-state index >= 15 is 0 Å². The number of hydrogen-bond donors (Lipinski definition) is 0. The van der Waals surface area contributed by atoms with Crippen molar-refractivity contribution >= 4 is 11.9 Å². The lowest BCUT2D eigenvalue weighted by Gasteiger charge is -2.40. The number of hydrogen-bond acceptors (Lipinski definition) is 6. The summed E-state index contributed by atoms with van der Waals surface area (Å²) in [6.45, 7) is 8.04. The van der Waals surface area contributed by atoms with E-state index in [1.807, 2.05) is 0 Å². The molecule has 124 valence electrons. The van der Waals surface area contributed by atoms with Crippen molar-refractivity contribution in [3.63, 3.8) is 0 Å². The first kappa shape index (κ1) is 17.0. The van der Waals surface area contributed by atoms with E-state index in [1.165, 1.54) is 6.92 Å². The van der Waals surface area contributed by atoms with Crippen LogP contribution in [0, 0.1) is 5.41 Å². The zero-order valence-corrected chi connectivity index (χ0v) is 13.3. The summed E-state index contributed by atoms with van der Waals surface area (Å²) in [6.07, 6.45) is 0. The average molecular weight is 320 g/mol. The fourth-order valence-corrected chi connectivity index (χ4v) is 1.95. The van der Waals surface area contributed by atoms with Crippen LogP contribution in [0.2, 0.25) is 0 Å². The molecule has 0 bridgehead atoms. The van der Waals surface area contributed by atoms with Gasteiger partial charge in [0.15, 0.2) is 0 Å². The second-order valence-corrected chi connectivity index (χ2v) is 5.70. The summed E-state index contributed by atoms with van der Waals surface area (Å²) < 4.78 is 21.1. The minimum Gasteiger partial charge on any atom is -0.493 e. The van der Waals surface area contributed by atoms with Crippen molar-refractivity contribution in [3.05, 3.63) is 36.4 Å². The number of carbonyl (C=O) groups excluding carboxylic acids is 2. The number of esters is 2. The van der Waals surface area contributed by atoms with Gasteiger partial charge in [0.05, 0.1) is 18.6 Å². The molecular formula is C17H20O6. The molecule has 6 nitrogen and oxygen atoms in total. The lowest BCUT2D eigenvalue weighted by Crippen LogP contribution is -2.51. The minimum absolute atomic E-state index is 0.226. The van der Waals surface area contributed by atoms with Crippen molar-refractivity contribution in [2.75, 3.05) is 26.4 Å². The molecule has 1 aromatic carbocycles. The predicted octanol–water partition coefficient (Wildman–Crippen LogP) is 2.13. The van der Waals surface area contributed by atoms with E-state index in [0.717, 1.165) is 0 Å². The van der Waals surface area contributed by atoms with Gasteiger partial charge in [0, 0.05) is 12.5 Å². The first-order chi connectivity index (χ1) is 10.9. The van der Waals surface area contributed by atoms with Crippen LogP contribution in [0.15, 0.2) is 36.4 Å². The van der Waals surface area contributed by atoms with Crippen LogP contribution >= 0.6 is 0 Å². The highest BCUT2D eigenvalue weighted by Crippen LogP contribution is 2.30. The molecule has 0 N–H and O–H groups in total. The lowest BCUT2D eigenvalue weighted by molar-refractivity contribution is -0.174. The van der Waals surface area contributed by atoms with Crippen LogP contribution in [-0.4, -0.2) is 38.4 Å². The third-order valence-electron chi connectivity index (χ3n) is 3.30. The zero-order valence-electron chi connectivity index (χ0n) is 13.3. The first-order valence-corrected chi connectivity index (χ1v) is 7.22. The molecule has 0 radical (unpaired) electrons. The third-order valence-corrected chi connectivity index (χ3v) is 3.30. The molecule has 0 saturated carbocycles. The van der Waals surface area contributed by atoms with Crippen molar-refractivity contribution in [3.8, 4) is 11.5 Å². The number of carbonyl (C=O) groups is 2. The third kappa shape index (κ3) is 4.82. The molecule has 0 amide bonds. The van der Waals surface area contributed by atoms with Crippen LogP contribution in [0.5, 0.6) is 11.5 Å². The molecule has 0 aliphatic carbocycles. The quantitative estimate of drug-likeness (QED) is 0.435. The number of benzene rings is 1. The SMILES string of the molecule is C=C(C)C(=O)OCC1(COc2ccc(OC(C)=O)cc2)COC1. The van der Waals surface area contributed by atoms with Crippen LogP contribution < -0.4 is 9.47 Å². The Morgan fingerprint density at radius 2 is 1.74 bits per heavy atom. The Hall–Kier alpha value is -2.34. The van der Waals surface area contributed by atoms with Gasteiger partial charge in [-0.3, -0.25) is 4.79 Å². The second kappa shape index (κ2) is 7.28. The van der Waals surface area contributed by atoms with E-state index in [-0.39, 0.29) is 18.0 Å². The molecule has 6 heteroatoms. The maximum absolute atomic E-state index is 11.5. The molecule has 1 aliphatic heterocycles. The van der Waals surface area contributed by atoms with Crippen molar-refractivity contribution < 1.29 is 28.5 Å². The van der Waals surface area contributed by atoms with Gasteiger partial charge in [-0.05, 0) is 31.2 Å². The molecule has 0 unspecified atom stereocenters. The summed E-state index contributed by atoms with van der Waals surface area (Å²) in [5, 5.41) is 0. The number of ether oxygens (including phenoxy) is 4. The van der Waals surface area contributed by atoms with Crippen molar-refractivity contribution in [2.45, 2.75) is 13.8 Å². The van der Waals surface area contributed by atoms with Gasteiger partial charge in [0.25, 0.3) is 0 Å². The molecule has 1 saturated heterocycles. The molecule has 1 fully saturated rings. The van der Waals surface area contributed by atoms with E-state index in [9.17, 15) is 9.59 Å². The molecule has 2 rings (SSSR count). The predicted molar refractivity (Wildman–Crippen MR) is 82.3 cm³/mol. The van der Waals surface area contributed by atoms with Crippen LogP contribution in [0.25, 0.3) is 0 Å². The maximum Gasteiger partial charge on any atom is 0.333 e. The largest absolute Gasteiger partial charge is 0.493 e. The van der Waals surface area contributed by atoms with Crippen LogP contribution in [0.4, 0.5) is 0 Å². The first-order valence-electron chi connectivity index (χ1n) is 7.22. The Morgan fingerprint density at radius 3 is 2.22 bits per heavy atom. The van der Waals surface area contributed by atoms with E-state index < -0.39 is 5.97 Å². The summed E-state index contributed by atoms with van der Waals surface area (Å²) in [5.41, 5.74) is 0.0296. The van der Waals surface area contributed by atoms with Gasteiger partial charge in [-0.2, -0.15) is 0 Å². The minimum atomic E-state index is -0.415. The summed E-state index contributed by atoms with van der Waals surface area (Å²) in [5.74, 6) is 0.311. The molecule has 0 spiro atoms. The summed E-state index contributed by atoms with van der Waals surface area (Å²) in [7, 11) is 0. The van der Waals surface area contributed by atoms with Gasteiger partial charge >= 0.3 is 11.9 Å². The molecule has 1 heterocycles. The summed E-state index contributed by atoms with van der Waals surface area (Å²) in [4.78, 5) is 22.3. The van der Waals surface area contributed by atoms with E-state index in [1.54, 1.807) is 31.2 Å². The normalized spacial score (nSPS) is 15.2. The summed E-state index contributed by atoms with van der Waals surface area (Å²) in [6, 6.07) is 6.74. The van der Waals surface area contributed by atoms with Gasteiger partial charge in [-0.25, -0.2) is 4.79 Å². The molecular weight excluding hydrogens is 300 g/mol. The van der Waals surface area contributed by atoms with Gasteiger partial charge in [-0.1, -0.05) is 6.58 Å². The van der Waals surface area contributed by atoms with Crippen LogP contribution in [-0.2, 0) is 19.1 Å². The van der Waals surface area contributed by atoms with Crippen molar-refractivity contribution in [1.82, 2.24) is 0 Å². The highest BCUT2D eigenvalue weighted by molar-refractivity contribution is 5.86. The highest BCUT2D eigenvalue weighted by atomic mass is 16.6. The van der Waals surface area contributed by atoms with Crippen LogP contribution in [0.1, 0.15) is 13.8 Å². The Kier molecular flexibility index (Phi) is 5.39. The molecule has 0 aromatic heterocycles. The Bertz CT molecular complexity index is 586. The standard InChI is InChI=1S/C17H20O6/c1-12(2)16(19)22-11-17(8-20-9-17)10-21-14-4-6-15(7-5-14)23-13(3)18/h4-7H,1,8-11H2,2-3H3. The average Bonchev–Trinajstić information content (AvgIpc) is 2.46. The van der Waals surface area contributed by atoms with Gasteiger partial charge in [-0.15, -0.1) is 0 Å². The Morgan fingerprint density at radius 1 is 1.13 bits per heavy atom. The zero-order chi connectivity index (χ0) is 16.9. The molecule has 1 aliphatic rings. The Labute approximate surface area is 135 Å². The van der Waals surface area contributed by atoms with Gasteiger partial charge in [0.2, 0.25) is 0 Å².